The smallest absolute Gasteiger partial charge is 0.269 e. The number of nitro benzene ring substituents is 1. The summed E-state index contributed by atoms with van der Waals surface area (Å²) in [7, 11) is 1.96. The molecule has 0 spiro atoms. The Morgan fingerprint density at radius 1 is 1.39 bits per heavy atom. The molecule has 0 saturated carbocycles. The Kier molecular flexibility index (Phi) is 6.41. The molecule has 1 atom stereocenters. The Balaban J connectivity index is 1.86. The molecule has 1 aliphatic rings. The lowest BCUT2D eigenvalue weighted by molar-refractivity contribution is -0.384. The van der Waals surface area contributed by atoms with Crippen LogP contribution in [0, 0.1) is 16.0 Å². The Morgan fingerprint density at radius 3 is 2.52 bits per heavy atom. The van der Waals surface area contributed by atoms with Gasteiger partial charge in [0, 0.05) is 30.1 Å². The van der Waals surface area contributed by atoms with Crippen molar-refractivity contribution >= 4 is 23.4 Å². The average molecular weight is 337 g/mol. The molecule has 1 amide bonds. The molecule has 6 nitrogen and oxygen atoms in total. The topological polar surface area (TPSA) is 75.5 Å². The molecular formula is C16H23N3O3S. The molecule has 1 saturated heterocycles. The summed E-state index contributed by atoms with van der Waals surface area (Å²) in [6.45, 7) is 4.54. The summed E-state index contributed by atoms with van der Waals surface area (Å²) in [6.07, 6.45) is 2.09. The summed E-state index contributed by atoms with van der Waals surface area (Å²) in [4.78, 5) is 25.6. The van der Waals surface area contributed by atoms with Gasteiger partial charge in [0.2, 0.25) is 5.91 Å². The lowest BCUT2D eigenvalue weighted by atomic mass is 9.97. The van der Waals surface area contributed by atoms with Crippen molar-refractivity contribution in [1.82, 2.24) is 10.2 Å². The maximum absolute atomic E-state index is 12.5. The lowest BCUT2D eigenvalue weighted by Gasteiger charge is -2.33. The molecule has 0 aromatic heterocycles. The first-order valence-electron chi connectivity index (χ1n) is 7.85. The second-order valence-corrected chi connectivity index (χ2v) is 7.25. The van der Waals surface area contributed by atoms with Gasteiger partial charge in [-0.05, 0) is 51.4 Å². The van der Waals surface area contributed by atoms with E-state index < -0.39 is 4.92 Å². The number of likely N-dealkylation sites (tertiary alicyclic amines) is 1. The van der Waals surface area contributed by atoms with E-state index in [2.05, 4.69) is 5.32 Å². The quantitative estimate of drug-likeness (QED) is 0.490. The molecule has 1 fully saturated rings. The number of rotatable bonds is 6. The monoisotopic (exact) mass is 337 g/mol. The van der Waals surface area contributed by atoms with E-state index in [1.54, 1.807) is 12.1 Å². The number of hydrogen-bond donors (Lipinski definition) is 1. The molecule has 23 heavy (non-hydrogen) atoms. The van der Waals surface area contributed by atoms with Crippen LogP contribution in [0.4, 0.5) is 5.69 Å². The zero-order valence-electron chi connectivity index (χ0n) is 13.5. The fourth-order valence-corrected chi connectivity index (χ4v) is 3.76. The van der Waals surface area contributed by atoms with Crippen molar-refractivity contribution in [2.75, 3.05) is 26.7 Å². The second kappa shape index (κ2) is 8.31. The molecule has 1 aromatic rings. The van der Waals surface area contributed by atoms with Gasteiger partial charge in [-0.2, -0.15) is 0 Å². The molecule has 7 heteroatoms. The predicted molar refractivity (Wildman–Crippen MR) is 91.6 cm³/mol. The van der Waals surface area contributed by atoms with E-state index in [1.165, 1.54) is 23.9 Å². The van der Waals surface area contributed by atoms with Crippen molar-refractivity contribution in [2.24, 2.45) is 5.92 Å². The van der Waals surface area contributed by atoms with E-state index in [-0.39, 0.29) is 16.8 Å². The molecule has 126 valence electrons. The molecule has 0 bridgehead atoms. The summed E-state index contributed by atoms with van der Waals surface area (Å²) < 4.78 is 0. The van der Waals surface area contributed by atoms with Crippen LogP contribution in [-0.2, 0) is 4.79 Å². The van der Waals surface area contributed by atoms with E-state index in [4.69, 9.17) is 0 Å². The Hall–Kier alpha value is -1.60. The maximum Gasteiger partial charge on any atom is 0.269 e. The molecule has 1 unspecified atom stereocenters. The van der Waals surface area contributed by atoms with E-state index in [1.807, 2.05) is 18.9 Å². The number of non-ortho nitro benzene ring substituents is 1. The number of nitrogens with one attached hydrogen (secondary N) is 1. The largest absolute Gasteiger partial charge is 0.342 e. The third-order valence-corrected chi connectivity index (χ3v) is 5.23. The SMILES string of the molecule is CNCC1CCN(C(=O)C(C)Sc2ccc([N+](=O)[O-])cc2)CC1. The van der Waals surface area contributed by atoms with Crippen LogP contribution >= 0.6 is 11.8 Å². The molecule has 1 N–H and O–H groups in total. The maximum atomic E-state index is 12.5. The van der Waals surface area contributed by atoms with E-state index in [0.717, 1.165) is 37.4 Å². The summed E-state index contributed by atoms with van der Waals surface area (Å²) >= 11 is 1.45. The van der Waals surface area contributed by atoms with Crippen LogP contribution in [-0.4, -0.2) is 47.7 Å². The summed E-state index contributed by atoms with van der Waals surface area (Å²) in [6, 6.07) is 6.35. The van der Waals surface area contributed by atoms with E-state index >= 15 is 0 Å². The van der Waals surface area contributed by atoms with Gasteiger partial charge < -0.3 is 10.2 Å². The Labute approximate surface area is 140 Å². The third kappa shape index (κ3) is 4.94. The van der Waals surface area contributed by atoms with Crippen molar-refractivity contribution in [3.63, 3.8) is 0 Å². The average Bonchev–Trinajstić information content (AvgIpc) is 2.55. The van der Waals surface area contributed by atoms with Crippen LogP contribution in [0.25, 0.3) is 0 Å². The molecule has 2 rings (SSSR count). The number of amides is 1. The highest BCUT2D eigenvalue weighted by molar-refractivity contribution is 8.00. The van der Waals surface area contributed by atoms with Gasteiger partial charge in [0.15, 0.2) is 0 Å². The summed E-state index contributed by atoms with van der Waals surface area (Å²) in [5.41, 5.74) is 0.0694. The van der Waals surface area contributed by atoms with E-state index in [9.17, 15) is 14.9 Å². The van der Waals surface area contributed by atoms with Gasteiger partial charge in [0.25, 0.3) is 5.69 Å². The molecular weight excluding hydrogens is 314 g/mol. The molecule has 0 radical (unpaired) electrons. The van der Waals surface area contributed by atoms with Crippen LogP contribution < -0.4 is 5.32 Å². The Morgan fingerprint density at radius 2 is 2.00 bits per heavy atom. The van der Waals surface area contributed by atoms with Crippen LogP contribution in [0.5, 0.6) is 0 Å². The van der Waals surface area contributed by atoms with Crippen LogP contribution in [0.15, 0.2) is 29.2 Å². The normalized spacial score (nSPS) is 17.0. The lowest BCUT2D eigenvalue weighted by Crippen LogP contribution is -2.43. The van der Waals surface area contributed by atoms with E-state index in [0.29, 0.717) is 5.92 Å². The molecule has 1 aromatic carbocycles. The zero-order valence-corrected chi connectivity index (χ0v) is 14.3. The first kappa shape index (κ1) is 17.7. The highest BCUT2D eigenvalue weighted by atomic mass is 32.2. The van der Waals surface area contributed by atoms with Crippen molar-refractivity contribution < 1.29 is 9.72 Å². The van der Waals surface area contributed by atoms with Gasteiger partial charge in [0.05, 0.1) is 10.2 Å². The number of carbonyl (C=O) groups excluding carboxylic acids is 1. The Bertz CT molecular complexity index is 542. The first-order valence-corrected chi connectivity index (χ1v) is 8.73. The van der Waals surface area contributed by atoms with Crippen LogP contribution in [0.2, 0.25) is 0 Å². The number of carbonyl (C=O) groups is 1. The number of thioether (sulfide) groups is 1. The van der Waals surface area contributed by atoms with Crippen molar-refractivity contribution in [3.05, 3.63) is 34.4 Å². The molecule has 0 aliphatic carbocycles. The second-order valence-electron chi connectivity index (χ2n) is 5.84. The van der Waals surface area contributed by atoms with Gasteiger partial charge in [-0.25, -0.2) is 0 Å². The highest BCUT2D eigenvalue weighted by Gasteiger charge is 2.26. The fourth-order valence-electron chi connectivity index (χ4n) is 2.80. The minimum atomic E-state index is -0.418. The minimum Gasteiger partial charge on any atom is -0.342 e. The highest BCUT2D eigenvalue weighted by Crippen LogP contribution is 2.27. The van der Waals surface area contributed by atoms with Crippen molar-refractivity contribution in [3.8, 4) is 0 Å². The number of nitrogens with zero attached hydrogens (tertiary/aromatic N) is 2. The van der Waals surface area contributed by atoms with Crippen molar-refractivity contribution in [2.45, 2.75) is 29.9 Å². The predicted octanol–water partition coefficient (Wildman–Crippen LogP) is 2.53. The number of benzene rings is 1. The summed E-state index contributed by atoms with van der Waals surface area (Å²) in [5, 5.41) is 13.7. The minimum absolute atomic E-state index is 0.0694. The fraction of sp³-hybridized carbons (Fsp3) is 0.562. The number of nitro groups is 1. The standard InChI is InChI=1S/C16H23N3O3S/c1-12(23-15-5-3-14(4-6-15)19(21)22)16(20)18-9-7-13(8-10-18)11-17-2/h3-6,12-13,17H,7-11H2,1-2H3. The van der Waals surface area contributed by atoms with Gasteiger partial charge in [-0.15, -0.1) is 11.8 Å². The summed E-state index contributed by atoms with van der Waals surface area (Å²) in [5.74, 6) is 0.804. The van der Waals surface area contributed by atoms with Crippen molar-refractivity contribution in [1.29, 1.82) is 0 Å². The van der Waals surface area contributed by atoms with Crippen LogP contribution in [0.3, 0.4) is 0 Å². The van der Waals surface area contributed by atoms with Gasteiger partial charge in [-0.1, -0.05) is 0 Å². The number of hydrogen-bond acceptors (Lipinski definition) is 5. The number of piperidine rings is 1. The van der Waals surface area contributed by atoms with Gasteiger partial charge in [0.1, 0.15) is 0 Å². The molecule has 1 aliphatic heterocycles. The molecule has 1 heterocycles. The van der Waals surface area contributed by atoms with Gasteiger partial charge in [-0.3, -0.25) is 14.9 Å². The zero-order chi connectivity index (χ0) is 16.8. The third-order valence-electron chi connectivity index (χ3n) is 4.13. The van der Waals surface area contributed by atoms with Gasteiger partial charge >= 0.3 is 0 Å². The first-order chi connectivity index (χ1) is 11.0. The van der Waals surface area contributed by atoms with Crippen LogP contribution in [0.1, 0.15) is 19.8 Å².